The van der Waals surface area contributed by atoms with Gasteiger partial charge in [-0.1, -0.05) is 12.8 Å². The highest BCUT2D eigenvalue weighted by atomic mass is 32.1. The summed E-state index contributed by atoms with van der Waals surface area (Å²) in [5.74, 6) is 0. The van der Waals surface area contributed by atoms with Gasteiger partial charge < -0.3 is 9.64 Å². The molecule has 0 N–H and O–H groups in total. The number of hydrogen-bond donors (Lipinski definition) is 1. The third kappa shape index (κ3) is 1.68. The topological polar surface area (TPSA) is 30.3 Å². The minimum absolute atomic E-state index is 0.524. The molecule has 100 valence electrons. The summed E-state index contributed by atoms with van der Waals surface area (Å²) in [4.78, 5) is 7.08. The second-order valence-electron chi connectivity index (χ2n) is 5.55. The second kappa shape index (κ2) is 4.15. The number of rotatable bonds is 1. The SMILES string of the molecule is Cc1cn(S)c2ncc(N3C4CCC3COC4)cc12. The lowest BCUT2D eigenvalue weighted by atomic mass is 10.2. The molecule has 2 unspecified atom stereocenters. The van der Waals surface area contributed by atoms with Gasteiger partial charge in [0.1, 0.15) is 5.65 Å². The van der Waals surface area contributed by atoms with Crippen molar-refractivity contribution in [3.63, 3.8) is 0 Å². The fourth-order valence-corrected chi connectivity index (χ4v) is 3.76. The molecule has 2 fully saturated rings. The molecule has 2 atom stereocenters. The molecule has 2 bridgehead atoms. The van der Waals surface area contributed by atoms with Crippen molar-refractivity contribution in [1.82, 2.24) is 8.96 Å². The first-order valence-corrected chi connectivity index (χ1v) is 7.17. The van der Waals surface area contributed by atoms with Crippen LogP contribution in [0, 0.1) is 6.92 Å². The average Bonchev–Trinajstić information content (AvgIpc) is 2.83. The van der Waals surface area contributed by atoms with E-state index in [4.69, 9.17) is 4.74 Å². The number of nitrogens with zero attached hydrogens (tertiary/aromatic N) is 3. The van der Waals surface area contributed by atoms with Gasteiger partial charge in [-0.3, -0.25) is 3.97 Å². The predicted molar refractivity (Wildman–Crippen MR) is 79.0 cm³/mol. The van der Waals surface area contributed by atoms with Gasteiger partial charge in [0.05, 0.1) is 37.2 Å². The number of hydrogen-bond acceptors (Lipinski definition) is 4. The van der Waals surface area contributed by atoms with Crippen LogP contribution in [0.15, 0.2) is 18.5 Å². The van der Waals surface area contributed by atoms with Gasteiger partial charge in [0.15, 0.2) is 0 Å². The lowest BCUT2D eigenvalue weighted by molar-refractivity contribution is 0.0906. The van der Waals surface area contributed by atoms with E-state index in [1.165, 1.54) is 29.5 Å². The van der Waals surface area contributed by atoms with Crippen LogP contribution >= 0.6 is 12.8 Å². The Morgan fingerprint density at radius 1 is 1.32 bits per heavy atom. The van der Waals surface area contributed by atoms with Crippen LogP contribution in [-0.4, -0.2) is 34.3 Å². The fraction of sp³-hybridized carbons (Fsp3) is 0.500. The number of fused-ring (bicyclic) bond motifs is 3. The third-order valence-electron chi connectivity index (χ3n) is 4.35. The number of anilines is 1. The zero-order valence-corrected chi connectivity index (χ0v) is 11.8. The average molecular weight is 275 g/mol. The van der Waals surface area contributed by atoms with E-state index in [-0.39, 0.29) is 0 Å². The first-order chi connectivity index (χ1) is 9.24. The van der Waals surface area contributed by atoms with E-state index in [1.54, 1.807) is 3.97 Å². The molecule has 2 aliphatic heterocycles. The van der Waals surface area contributed by atoms with Gasteiger partial charge in [-0.25, -0.2) is 4.98 Å². The number of aromatic nitrogens is 2. The summed E-state index contributed by atoms with van der Waals surface area (Å²) >= 11 is 4.40. The molecular formula is C14H17N3OS. The van der Waals surface area contributed by atoms with E-state index in [9.17, 15) is 0 Å². The van der Waals surface area contributed by atoms with E-state index in [1.807, 2.05) is 12.4 Å². The lowest BCUT2D eigenvalue weighted by Crippen LogP contribution is -2.45. The monoisotopic (exact) mass is 275 g/mol. The van der Waals surface area contributed by atoms with Crippen molar-refractivity contribution in [1.29, 1.82) is 0 Å². The van der Waals surface area contributed by atoms with Crippen LogP contribution in [0.1, 0.15) is 18.4 Å². The van der Waals surface area contributed by atoms with Crippen LogP contribution in [0.4, 0.5) is 5.69 Å². The predicted octanol–water partition coefficient (Wildman–Crippen LogP) is 2.41. The van der Waals surface area contributed by atoms with Gasteiger partial charge in [0.2, 0.25) is 0 Å². The van der Waals surface area contributed by atoms with E-state index >= 15 is 0 Å². The van der Waals surface area contributed by atoms with Gasteiger partial charge in [-0.2, -0.15) is 0 Å². The molecule has 0 amide bonds. The Kier molecular flexibility index (Phi) is 2.53. The van der Waals surface area contributed by atoms with Crippen molar-refractivity contribution >= 4 is 29.5 Å². The maximum Gasteiger partial charge on any atom is 0.150 e. The standard InChI is InChI=1S/C14H17N3OS/c1-9-6-16(19)14-13(9)4-12(5-15-14)17-10-2-3-11(17)8-18-7-10/h4-6,10-11,19H,2-3,7-8H2,1H3. The number of pyridine rings is 1. The van der Waals surface area contributed by atoms with Crippen molar-refractivity contribution in [2.24, 2.45) is 0 Å². The molecule has 2 saturated heterocycles. The van der Waals surface area contributed by atoms with Gasteiger partial charge in [-0.05, 0) is 31.4 Å². The molecule has 4 heterocycles. The Morgan fingerprint density at radius 2 is 2.05 bits per heavy atom. The van der Waals surface area contributed by atoms with Crippen molar-refractivity contribution in [3.05, 3.63) is 24.0 Å². The third-order valence-corrected chi connectivity index (χ3v) is 4.65. The molecule has 0 saturated carbocycles. The molecule has 4 nitrogen and oxygen atoms in total. The van der Waals surface area contributed by atoms with Crippen LogP contribution in [0.3, 0.4) is 0 Å². The quantitative estimate of drug-likeness (QED) is 0.811. The molecular weight excluding hydrogens is 258 g/mol. The smallest absolute Gasteiger partial charge is 0.150 e. The lowest BCUT2D eigenvalue weighted by Gasteiger charge is -2.36. The molecule has 0 spiro atoms. The summed E-state index contributed by atoms with van der Waals surface area (Å²) in [6.45, 7) is 3.80. The molecule has 4 rings (SSSR count). The molecule has 5 heteroatoms. The normalized spacial score (nSPS) is 26.3. The zero-order valence-electron chi connectivity index (χ0n) is 10.9. The molecule has 2 aromatic rings. The Balaban J connectivity index is 1.81. The van der Waals surface area contributed by atoms with Crippen LogP contribution in [0.25, 0.3) is 11.0 Å². The summed E-state index contributed by atoms with van der Waals surface area (Å²) < 4.78 is 7.44. The Bertz CT molecular complexity index is 623. The number of aryl methyl sites for hydroxylation is 1. The Morgan fingerprint density at radius 3 is 2.79 bits per heavy atom. The van der Waals surface area contributed by atoms with E-state index in [0.717, 1.165) is 18.9 Å². The largest absolute Gasteiger partial charge is 0.377 e. The zero-order chi connectivity index (χ0) is 13.0. The van der Waals surface area contributed by atoms with Crippen LogP contribution < -0.4 is 4.90 Å². The summed E-state index contributed by atoms with van der Waals surface area (Å²) in [5, 5.41) is 1.19. The summed E-state index contributed by atoms with van der Waals surface area (Å²) in [5.41, 5.74) is 3.39. The molecule has 0 radical (unpaired) electrons. The Hall–Kier alpha value is -1.20. The van der Waals surface area contributed by atoms with E-state index < -0.39 is 0 Å². The molecule has 2 aromatic heterocycles. The highest BCUT2D eigenvalue weighted by Crippen LogP contribution is 2.35. The highest BCUT2D eigenvalue weighted by molar-refractivity contribution is 7.78. The first kappa shape index (κ1) is 11.6. The first-order valence-electron chi connectivity index (χ1n) is 6.77. The number of thiol groups is 1. The van der Waals surface area contributed by atoms with Crippen molar-refractivity contribution in [3.8, 4) is 0 Å². The van der Waals surface area contributed by atoms with Gasteiger partial charge in [-0.15, -0.1) is 0 Å². The van der Waals surface area contributed by atoms with Gasteiger partial charge in [0, 0.05) is 11.6 Å². The van der Waals surface area contributed by atoms with Crippen LogP contribution in [-0.2, 0) is 4.74 Å². The Labute approximate surface area is 117 Å². The van der Waals surface area contributed by atoms with E-state index in [2.05, 4.69) is 35.7 Å². The number of morpholine rings is 1. The minimum atomic E-state index is 0.524. The second-order valence-corrected chi connectivity index (χ2v) is 5.98. The van der Waals surface area contributed by atoms with Gasteiger partial charge in [0.25, 0.3) is 0 Å². The molecule has 0 aliphatic carbocycles. The van der Waals surface area contributed by atoms with Crippen molar-refractivity contribution in [2.45, 2.75) is 31.8 Å². The maximum atomic E-state index is 5.65. The fourth-order valence-electron chi connectivity index (χ4n) is 3.42. The summed E-state index contributed by atoms with van der Waals surface area (Å²) in [6, 6.07) is 3.30. The maximum absolute atomic E-state index is 5.65. The summed E-state index contributed by atoms with van der Waals surface area (Å²) in [7, 11) is 0. The molecule has 19 heavy (non-hydrogen) atoms. The van der Waals surface area contributed by atoms with Gasteiger partial charge >= 0.3 is 0 Å². The minimum Gasteiger partial charge on any atom is -0.377 e. The number of ether oxygens (including phenoxy) is 1. The van der Waals surface area contributed by atoms with Crippen LogP contribution in [0.5, 0.6) is 0 Å². The van der Waals surface area contributed by atoms with E-state index in [0.29, 0.717) is 12.1 Å². The molecule has 2 aliphatic rings. The highest BCUT2D eigenvalue weighted by Gasteiger charge is 2.37. The summed E-state index contributed by atoms with van der Waals surface area (Å²) in [6.07, 6.45) is 6.45. The van der Waals surface area contributed by atoms with Crippen molar-refractivity contribution in [2.75, 3.05) is 18.1 Å². The molecule has 0 aromatic carbocycles. The van der Waals surface area contributed by atoms with Crippen molar-refractivity contribution < 1.29 is 4.74 Å². The van der Waals surface area contributed by atoms with Crippen LogP contribution in [0.2, 0.25) is 0 Å².